The highest BCUT2D eigenvalue weighted by Crippen LogP contribution is 2.29. The zero-order chi connectivity index (χ0) is 18.7. The molecule has 0 aliphatic carbocycles. The van der Waals surface area contributed by atoms with Gasteiger partial charge in [0.05, 0.1) is 23.4 Å². The Balaban J connectivity index is 2.09. The molecular weight excluding hydrogens is 348 g/mol. The van der Waals surface area contributed by atoms with E-state index in [0.717, 1.165) is 16.8 Å². The monoisotopic (exact) mass is 368 g/mol. The van der Waals surface area contributed by atoms with Crippen molar-refractivity contribution in [3.8, 4) is 0 Å². The minimum absolute atomic E-state index is 0.100. The molecule has 0 spiro atoms. The van der Waals surface area contributed by atoms with E-state index in [2.05, 4.69) is 5.10 Å². The zero-order valence-corrected chi connectivity index (χ0v) is 15.8. The van der Waals surface area contributed by atoms with Crippen molar-refractivity contribution in [1.29, 1.82) is 0 Å². The molecular formula is C20H20N2O3S. The van der Waals surface area contributed by atoms with Gasteiger partial charge in [-0.25, -0.2) is 4.52 Å². The van der Waals surface area contributed by atoms with Crippen molar-refractivity contribution in [2.45, 2.75) is 25.8 Å². The van der Waals surface area contributed by atoms with Crippen LogP contribution in [0.4, 0.5) is 0 Å². The number of ketones is 1. The van der Waals surface area contributed by atoms with Crippen molar-refractivity contribution >= 4 is 29.0 Å². The summed E-state index contributed by atoms with van der Waals surface area (Å²) in [5.41, 5.74) is 3.86. The number of carbonyl (C=O) groups excluding carboxylic acids is 2. The summed E-state index contributed by atoms with van der Waals surface area (Å²) < 4.78 is 6.75. The molecule has 3 aromatic rings. The number of fused-ring (bicyclic) bond motifs is 1. The second-order valence-electron chi connectivity index (χ2n) is 5.94. The van der Waals surface area contributed by atoms with Gasteiger partial charge in [-0.15, -0.1) is 0 Å². The molecule has 0 amide bonds. The van der Waals surface area contributed by atoms with Crippen LogP contribution in [0, 0.1) is 13.8 Å². The van der Waals surface area contributed by atoms with Gasteiger partial charge in [-0.3, -0.25) is 9.59 Å². The fraction of sp³-hybridized carbons (Fsp3) is 0.250. The lowest BCUT2D eigenvalue weighted by Gasteiger charge is -2.04. The average Bonchev–Trinajstić information content (AvgIpc) is 2.99. The van der Waals surface area contributed by atoms with Gasteiger partial charge < -0.3 is 4.74 Å². The molecule has 0 radical (unpaired) electrons. The molecule has 2 heterocycles. The maximum absolute atomic E-state index is 13.2. The number of pyridine rings is 1. The van der Waals surface area contributed by atoms with E-state index in [1.165, 1.54) is 11.8 Å². The number of nitrogens with zero attached hydrogens (tertiary/aromatic N) is 2. The first-order chi connectivity index (χ1) is 12.5. The van der Waals surface area contributed by atoms with E-state index in [-0.39, 0.29) is 17.5 Å². The van der Waals surface area contributed by atoms with Crippen molar-refractivity contribution in [3.63, 3.8) is 0 Å². The Bertz CT molecular complexity index is 964. The summed E-state index contributed by atoms with van der Waals surface area (Å²) in [7, 11) is 0. The number of hydrogen-bond acceptors (Lipinski definition) is 5. The van der Waals surface area contributed by atoms with Crippen LogP contribution in [0.25, 0.3) is 5.52 Å². The lowest BCUT2D eigenvalue weighted by molar-refractivity contribution is -0.139. The molecule has 0 bridgehead atoms. The van der Waals surface area contributed by atoms with E-state index >= 15 is 0 Å². The van der Waals surface area contributed by atoms with Crippen LogP contribution in [0.15, 0.2) is 47.5 Å². The minimum atomic E-state index is -0.319. The van der Waals surface area contributed by atoms with E-state index in [4.69, 9.17) is 4.74 Å². The van der Waals surface area contributed by atoms with Gasteiger partial charge >= 0.3 is 5.97 Å². The van der Waals surface area contributed by atoms with Gasteiger partial charge in [-0.05, 0) is 38.5 Å². The summed E-state index contributed by atoms with van der Waals surface area (Å²) >= 11 is 1.23. The molecule has 1 aromatic carbocycles. The topological polar surface area (TPSA) is 60.7 Å². The number of esters is 1. The smallest absolute Gasteiger partial charge is 0.316 e. The Morgan fingerprint density at radius 2 is 1.88 bits per heavy atom. The molecule has 3 rings (SSSR count). The predicted molar refractivity (Wildman–Crippen MR) is 102 cm³/mol. The second kappa shape index (κ2) is 7.74. The van der Waals surface area contributed by atoms with E-state index in [1.807, 2.05) is 44.2 Å². The fourth-order valence-corrected chi connectivity index (χ4v) is 3.66. The molecule has 26 heavy (non-hydrogen) atoms. The first-order valence-electron chi connectivity index (χ1n) is 8.39. The number of carbonyl (C=O) groups is 2. The second-order valence-corrected chi connectivity index (χ2v) is 6.90. The van der Waals surface area contributed by atoms with Crippen LogP contribution in [0.3, 0.4) is 0 Å². The van der Waals surface area contributed by atoms with Gasteiger partial charge in [0, 0.05) is 11.3 Å². The molecule has 6 heteroatoms. The minimum Gasteiger partial charge on any atom is -0.465 e. The van der Waals surface area contributed by atoms with Crippen LogP contribution in [-0.4, -0.2) is 33.7 Å². The number of aromatic nitrogens is 2. The molecule has 0 saturated carbocycles. The molecule has 0 unspecified atom stereocenters. The Kier molecular flexibility index (Phi) is 5.42. The van der Waals surface area contributed by atoms with Crippen molar-refractivity contribution in [2.75, 3.05) is 12.4 Å². The largest absolute Gasteiger partial charge is 0.465 e. The van der Waals surface area contributed by atoms with Crippen LogP contribution >= 0.6 is 11.8 Å². The summed E-state index contributed by atoms with van der Waals surface area (Å²) in [5.74, 6) is -0.303. The van der Waals surface area contributed by atoms with Crippen LogP contribution in [-0.2, 0) is 9.53 Å². The molecule has 0 saturated heterocycles. The predicted octanol–water partition coefficient (Wildman–Crippen LogP) is 3.84. The van der Waals surface area contributed by atoms with Crippen LogP contribution < -0.4 is 0 Å². The quantitative estimate of drug-likeness (QED) is 0.376. The van der Waals surface area contributed by atoms with Gasteiger partial charge in [-0.2, -0.15) is 5.10 Å². The van der Waals surface area contributed by atoms with Crippen molar-refractivity contribution < 1.29 is 14.3 Å². The Hall–Kier alpha value is -2.60. The molecule has 5 nitrogen and oxygen atoms in total. The van der Waals surface area contributed by atoms with Gasteiger partial charge in [-0.1, -0.05) is 42.1 Å². The van der Waals surface area contributed by atoms with Gasteiger partial charge in [0.2, 0.25) is 0 Å². The van der Waals surface area contributed by atoms with E-state index in [9.17, 15) is 9.59 Å². The van der Waals surface area contributed by atoms with Crippen molar-refractivity contribution in [3.05, 3.63) is 64.8 Å². The Morgan fingerprint density at radius 1 is 1.15 bits per heavy atom. The van der Waals surface area contributed by atoms with Crippen LogP contribution in [0.5, 0.6) is 0 Å². The summed E-state index contributed by atoms with van der Waals surface area (Å²) in [5, 5.41) is 5.13. The summed E-state index contributed by atoms with van der Waals surface area (Å²) in [6.45, 7) is 6.04. The van der Waals surface area contributed by atoms with Crippen LogP contribution in [0.1, 0.15) is 34.1 Å². The summed E-state index contributed by atoms with van der Waals surface area (Å²) in [6.07, 6.45) is 0. The third-order valence-electron chi connectivity index (χ3n) is 3.92. The molecule has 134 valence electrons. The maximum Gasteiger partial charge on any atom is 0.316 e. The summed E-state index contributed by atoms with van der Waals surface area (Å²) in [6, 6.07) is 13.1. The molecule has 0 aliphatic rings. The number of benzene rings is 1. The molecule has 0 aliphatic heterocycles. The van der Waals surface area contributed by atoms with Crippen LogP contribution in [0.2, 0.25) is 0 Å². The highest BCUT2D eigenvalue weighted by atomic mass is 32.2. The Morgan fingerprint density at radius 3 is 2.58 bits per heavy atom. The third-order valence-corrected chi connectivity index (χ3v) is 4.86. The number of rotatable bonds is 6. The zero-order valence-electron chi connectivity index (χ0n) is 15.0. The normalized spacial score (nSPS) is 10.9. The number of thioether (sulfide) groups is 1. The van der Waals surface area contributed by atoms with E-state index in [1.54, 1.807) is 23.6 Å². The highest BCUT2D eigenvalue weighted by Gasteiger charge is 2.23. The molecule has 0 atom stereocenters. The Labute approximate surface area is 156 Å². The first-order valence-corrected chi connectivity index (χ1v) is 9.38. The van der Waals surface area contributed by atoms with Crippen molar-refractivity contribution in [2.24, 2.45) is 0 Å². The van der Waals surface area contributed by atoms with Gasteiger partial charge in [0.25, 0.3) is 0 Å². The standard InChI is InChI=1S/C20H20N2O3S/c1-4-25-17(23)12-26-20-18(19(24)15-8-6-5-7-9-15)16-11-13(2)10-14(3)22(16)21-20/h5-11H,4,12H2,1-3H3. The maximum atomic E-state index is 13.2. The van der Waals surface area contributed by atoms with Crippen molar-refractivity contribution in [1.82, 2.24) is 9.61 Å². The van der Waals surface area contributed by atoms with Gasteiger partial charge in [0.15, 0.2) is 5.78 Å². The molecule has 0 N–H and O–H groups in total. The number of aryl methyl sites for hydroxylation is 2. The third kappa shape index (κ3) is 3.65. The summed E-state index contributed by atoms with van der Waals surface area (Å²) in [4.78, 5) is 24.9. The fourth-order valence-electron chi connectivity index (χ4n) is 2.84. The average molecular weight is 368 g/mol. The SMILES string of the molecule is CCOC(=O)CSc1nn2c(C)cc(C)cc2c1C(=O)c1ccccc1. The van der Waals surface area contributed by atoms with E-state index < -0.39 is 0 Å². The first kappa shape index (κ1) is 18.2. The highest BCUT2D eigenvalue weighted by molar-refractivity contribution is 8.00. The lowest BCUT2D eigenvalue weighted by Crippen LogP contribution is -2.08. The number of hydrogen-bond donors (Lipinski definition) is 0. The number of ether oxygens (including phenoxy) is 1. The molecule has 2 aromatic heterocycles. The van der Waals surface area contributed by atoms with E-state index in [0.29, 0.717) is 22.8 Å². The molecule has 0 fully saturated rings. The van der Waals surface area contributed by atoms with Gasteiger partial charge in [0.1, 0.15) is 5.03 Å². The lowest BCUT2D eigenvalue weighted by atomic mass is 10.0.